The lowest BCUT2D eigenvalue weighted by atomic mass is 9.98. The fraction of sp³-hybridized carbons (Fsp3) is 0.174. The summed E-state index contributed by atoms with van der Waals surface area (Å²) in [5.74, 6) is 0.389. The number of amides is 1. The number of benzene rings is 1. The smallest absolute Gasteiger partial charge is 0.228 e. The fourth-order valence-electron chi connectivity index (χ4n) is 3.00. The van der Waals surface area contributed by atoms with E-state index in [0.717, 1.165) is 34.3 Å². The molecule has 2 aromatic heterocycles. The van der Waals surface area contributed by atoms with Crippen LogP contribution in [0.3, 0.4) is 0 Å². The van der Waals surface area contributed by atoms with Crippen molar-refractivity contribution in [3.8, 4) is 11.1 Å². The molecule has 0 spiro atoms. The molecule has 32 heavy (non-hydrogen) atoms. The van der Waals surface area contributed by atoms with Crippen LogP contribution in [-0.2, 0) is 11.2 Å². The summed E-state index contributed by atoms with van der Waals surface area (Å²) in [6, 6.07) is 9.55. The molecule has 0 aliphatic heterocycles. The standard InChI is InChI=1S/C23H24BClN6O/c1-3-4-18(13-26-2)31-23-28-11-17(12-29-23)16-7-5-15(6-8-16)9-21(32)30-19-10-20(24)22(25)27-14-19/h4-8,10-14H,3,9,24H2,1-2H3,(H,30,32)(H,28,29,31)/b18-4+,26-13-. The SMILES string of the molecule is Bc1cc(NC(=O)Cc2ccc(-c3cnc(NC(/C=N\C)=C/CC)nc3)cc2)cnc1Cl. The molecule has 0 saturated heterocycles. The lowest BCUT2D eigenvalue weighted by Gasteiger charge is -2.08. The van der Waals surface area contributed by atoms with Crippen molar-refractivity contribution in [2.45, 2.75) is 19.8 Å². The molecule has 2 heterocycles. The van der Waals surface area contributed by atoms with E-state index in [2.05, 4.69) is 37.5 Å². The number of aromatic nitrogens is 3. The highest BCUT2D eigenvalue weighted by Gasteiger charge is 2.07. The predicted molar refractivity (Wildman–Crippen MR) is 134 cm³/mol. The van der Waals surface area contributed by atoms with Crippen LogP contribution in [0.4, 0.5) is 11.6 Å². The van der Waals surface area contributed by atoms with Crippen molar-refractivity contribution >= 4 is 48.7 Å². The van der Waals surface area contributed by atoms with Crippen LogP contribution in [0.15, 0.2) is 65.7 Å². The number of hydrogen-bond donors (Lipinski definition) is 2. The van der Waals surface area contributed by atoms with Gasteiger partial charge in [0.2, 0.25) is 11.9 Å². The van der Waals surface area contributed by atoms with Gasteiger partial charge in [0.1, 0.15) is 13.0 Å². The van der Waals surface area contributed by atoms with E-state index in [1.54, 1.807) is 37.9 Å². The van der Waals surface area contributed by atoms with Gasteiger partial charge in [-0.3, -0.25) is 9.79 Å². The Hall–Kier alpha value is -3.52. The number of aliphatic imine (C=N–C) groups is 1. The summed E-state index contributed by atoms with van der Waals surface area (Å²) in [4.78, 5) is 29.2. The molecule has 9 heteroatoms. The van der Waals surface area contributed by atoms with E-state index in [1.165, 1.54) is 0 Å². The monoisotopic (exact) mass is 446 g/mol. The molecular weight excluding hydrogens is 423 g/mol. The molecule has 3 aromatic rings. The Morgan fingerprint density at radius 3 is 2.44 bits per heavy atom. The van der Waals surface area contributed by atoms with Crippen LogP contribution in [0.2, 0.25) is 5.15 Å². The lowest BCUT2D eigenvalue weighted by Crippen LogP contribution is -2.16. The molecule has 7 nitrogen and oxygen atoms in total. The van der Waals surface area contributed by atoms with E-state index in [1.807, 2.05) is 38.2 Å². The zero-order valence-electron chi connectivity index (χ0n) is 18.3. The van der Waals surface area contributed by atoms with Crippen molar-refractivity contribution in [1.82, 2.24) is 15.0 Å². The summed E-state index contributed by atoms with van der Waals surface area (Å²) in [5.41, 5.74) is 5.05. The zero-order valence-corrected chi connectivity index (χ0v) is 19.0. The van der Waals surface area contributed by atoms with Gasteiger partial charge < -0.3 is 10.6 Å². The average Bonchev–Trinajstić information content (AvgIpc) is 2.78. The number of pyridine rings is 1. The predicted octanol–water partition coefficient (Wildman–Crippen LogP) is 3.04. The number of halogens is 1. The van der Waals surface area contributed by atoms with Gasteiger partial charge in [-0.25, -0.2) is 15.0 Å². The quantitative estimate of drug-likeness (QED) is 0.315. The molecule has 0 aliphatic rings. The van der Waals surface area contributed by atoms with Gasteiger partial charge in [0.05, 0.1) is 24.0 Å². The Morgan fingerprint density at radius 1 is 1.09 bits per heavy atom. The molecule has 0 fully saturated rings. The summed E-state index contributed by atoms with van der Waals surface area (Å²) < 4.78 is 0. The Balaban J connectivity index is 1.61. The molecule has 0 bridgehead atoms. The highest BCUT2D eigenvalue weighted by molar-refractivity contribution is 6.44. The van der Waals surface area contributed by atoms with Gasteiger partial charge in [-0.2, -0.15) is 0 Å². The molecule has 1 aromatic carbocycles. The number of carbonyl (C=O) groups is 1. The maximum absolute atomic E-state index is 12.3. The zero-order chi connectivity index (χ0) is 22.9. The number of anilines is 2. The number of carbonyl (C=O) groups excluding carboxylic acids is 1. The largest absolute Gasteiger partial charge is 0.324 e. The number of hydrogen-bond acceptors (Lipinski definition) is 6. The minimum absolute atomic E-state index is 0.119. The first-order valence-electron chi connectivity index (χ1n) is 10.2. The molecule has 3 rings (SSSR count). The van der Waals surface area contributed by atoms with Crippen LogP contribution < -0.4 is 16.1 Å². The van der Waals surface area contributed by atoms with Gasteiger partial charge in [0, 0.05) is 31.2 Å². The maximum Gasteiger partial charge on any atom is 0.228 e. The third-order valence-electron chi connectivity index (χ3n) is 4.55. The van der Waals surface area contributed by atoms with Crippen molar-refractivity contribution in [2.75, 3.05) is 17.7 Å². The van der Waals surface area contributed by atoms with Gasteiger partial charge in [-0.15, -0.1) is 0 Å². The second-order valence-corrected chi connectivity index (χ2v) is 7.49. The topological polar surface area (TPSA) is 92.2 Å². The van der Waals surface area contributed by atoms with Crippen molar-refractivity contribution in [1.29, 1.82) is 0 Å². The Morgan fingerprint density at radius 2 is 1.81 bits per heavy atom. The summed E-state index contributed by atoms with van der Waals surface area (Å²) in [5, 5.41) is 6.42. The van der Waals surface area contributed by atoms with E-state index in [0.29, 0.717) is 16.8 Å². The number of nitrogens with zero attached hydrogens (tertiary/aromatic N) is 4. The van der Waals surface area contributed by atoms with Crippen LogP contribution in [0.1, 0.15) is 18.9 Å². The van der Waals surface area contributed by atoms with Gasteiger partial charge >= 0.3 is 0 Å². The minimum Gasteiger partial charge on any atom is -0.324 e. The first-order valence-corrected chi connectivity index (χ1v) is 10.6. The van der Waals surface area contributed by atoms with E-state index < -0.39 is 0 Å². The maximum atomic E-state index is 12.3. The summed E-state index contributed by atoms with van der Waals surface area (Å²) in [6.45, 7) is 2.05. The molecule has 0 radical (unpaired) electrons. The van der Waals surface area contributed by atoms with E-state index in [4.69, 9.17) is 11.6 Å². The molecule has 1 amide bonds. The molecule has 162 valence electrons. The molecule has 0 saturated carbocycles. The average molecular weight is 447 g/mol. The highest BCUT2D eigenvalue weighted by Crippen LogP contribution is 2.19. The van der Waals surface area contributed by atoms with Gasteiger partial charge in [-0.05, 0) is 23.6 Å². The van der Waals surface area contributed by atoms with Gasteiger partial charge in [0.25, 0.3) is 0 Å². The number of allylic oxidation sites excluding steroid dienone is 2. The molecule has 0 aliphatic carbocycles. The Bertz CT molecular complexity index is 1130. The third kappa shape index (κ3) is 6.49. The lowest BCUT2D eigenvalue weighted by molar-refractivity contribution is -0.115. The summed E-state index contributed by atoms with van der Waals surface area (Å²) in [6.07, 6.45) is 9.97. The normalized spacial score (nSPS) is 11.5. The second-order valence-electron chi connectivity index (χ2n) is 7.13. The van der Waals surface area contributed by atoms with E-state index in [9.17, 15) is 4.79 Å². The molecule has 2 N–H and O–H groups in total. The highest BCUT2D eigenvalue weighted by atomic mass is 35.5. The summed E-state index contributed by atoms with van der Waals surface area (Å²) in [7, 11) is 3.56. The van der Waals surface area contributed by atoms with Crippen LogP contribution >= 0.6 is 11.6 Å². The van der Waals surface area contributed by atoms with Crippen molar-refractivity contribution in [2.24, 2.45) is 4.99 Å². The fourth-order valence-corrected chi connectivity index (χ4v) is 3.10. The minimum atomic E-state index is -0.119. The summed E-state index contributed by atoms with van der Waals surface area (Å²) >= 11 is 5.92. The van der Waals surface area contributed by atoms with Crippen molar-refractivity contribution < 1.29 is 4.79 Å². The van der Waals surface area contributed by atoms with Crippen LogP contribution in [0, 0.1) is 0 Å². The van der Waals surface area contributed by atoms with Crippen molar-refractivity contribution in [3.63, 3.8) is 0 Å². The number of rotatable bonds is 8. The van der Waals surface area contributed by atoms with Crippen molar-refractivity contribution in [3.05, 3.63) is 71.4 Å². The molecule has 0 atom stereocenters. The van der Waals surface area contributed by atoms with Gasteiger partial charge in [-0.1, -0.05) is 54.3 Å². The first-order chi connectivity index (χ1) is 15.5. The molecule has 0 unspecified atom stereocenters. The first kappa shape index (κ1) is 23.2. The molecular formula is C23H24BClN6O. The Kier molecular flexibility index (Phi) is 8.11. The van der Waals surface area contributed by atoms with E-state index in [-0.39, 0.29) is 12.3 Å². The van der Waals surface area contributed by atoms with Crippen LogP contribution in [-0.4, -0.2) is 42.0 Å². The second kappa shape index (κ2) is 11.2. The van der Waals surface area contributed by atoms with E-state index >= 15 is 0 Å². The van der Waals surface area contributed by atoms with Gasteiger partial charge in [0.15, 0.2) is 0 Å². The van der Waals surface area contributed by atoms with Crippen LogP contribution in [0.25, 0.3) is 11.1 Å². The third-order valence-corrected chi connectivity index (χ3v) is 4.95. The Labute approximate surface area is 193 Å². The number of nitrogens with one attached hydrogen (secondary N) is 2. The van der Waals surface area contributed by atoms with Crippen LogP contribution in [0.5, 0.6) is 0 Å².